The molecular weight excluding hydrogens is 246 g/mol. The Morgan fingerprint density at radius 1 is 1.39 bits per heavy atom. The maximum Gasteiger partial charge on any atom is 0.204 e. The van der Waals surface area contributed by atoms with E-state index in [1.807, 2.05) is 30.3 Å². The number of nitrogens with two attached hydrogens (primary N) is 1. The van der Waals surface area contributed by atoms with Gasteiger partial charge in [0.05, 0.1) is 11.0 Å². The Kier molecular flexibility index (Phi) is 3.99. The lowest BCUT2D eigenvalue weighted by atomic mass is 10.2. The van der Waals surface area contributed by atoms with Gasteiger partial charge in [0.2, 0.25) is 5.82 Å². The van der Waals surface area contributed by atoms with Crippen LogP contribution in [0.3, 0.4) is 0 Å². The first-order valence-electron chi connectivity index (χ1n) is 5.84. The van der Waals surface area contributed by atoms with Crippen LogP contribution in [-0.4, -0.2) is 25.2 Å². The maximum absolute atomic E-state index is 5.57. The van der Waals surface area contributed by atoms with Gasteiger partial charge in [-0.2, -0.15) is 4.80 Å². The fraction of sp³-hybridized carbons (Fsp3) is 0.333. The average molecular weight is 261 g/mol. The number of thiocarbonyl (C=S) groups is 1. The molecule has 0 saturated heterocycles. The van der Waals surface area contributed by atoms with Crippen molar-refractivity contribution in [2.24, 2.45) is 5.73 Å². The lowest BCUT2D eigenvalue weighted by Gasteiger charge is -2.11. The quantitative estimate of drug-likeness (QED) is 0.833. The highest BCUT2D eigenvalue weighted by Gasteiger charge is 2.14. The van der Waals surface area contributed by atoms with Crippen LogP contribution in [0.1, 0.15) is 25.8 Å². The lowest BCUT2D eigenvalue weighted by molar-refractivity contribution is 0.396. The lowest BCUT2D eigenvalue weighted by Crippen LogP contribution is -2.19. The van der Waals surface area contributed by atoms with E-state index in [9.17, 15) is 0 Å². The van der Waals surface area contributed by atoms with Crippen molar-refractivity contribution in [3.05, 3.63) is 30.3 Å². The van der Waals surface area contributed by atoms with Crippen molar-refractivity contribution in [2.75, 3.05) is 0 Å². The Labute approximate surface area is 111 Å². The van der Waals surface area contributed by atoms with Crippen LogP contribution in [0.25, 0.3) is 11.4 Å². The van der Waals surface area contributed by atoms with Crippen molar-refractivity contribution < 1.29 is 0 Å². The molecule has 0 bridgehead atoms. The number of hydrogen-bond acceptors (Lipinski definition) is 4. The second-order valence-electron chi connectivity index (χ2n) is 4.03. The smallest absolute Gasteiger partial charge is 0.204 e. The van der Waals surface area contributed by atoms with E-state index < -0.39 is 0 Å². The summed E-state index contributed by atoms with van der Waals surface area (Å²) in [5, 5.41) is 12.5. The summed E-state index contributed by atoms with van der Waals surface area (Å²) in [7, 11) is 0. The molecule has 5 nitrogen and oxygen atoms in total. The summed E-state index contributed by atoms with van der Waals surface area (Å²) in [5.74, 6) is 0.622. The second-order valence-corrected chi connectivity index (χ2v) is 4.56. The van der Waals surface area contributed by atoms with Crippen LogP contribution in [0, 0.1) is 0 Å². The van der Waals surface area contributed by atoms with Crippen LogP contribution in [0.4, 0.5) is 0 Å². The third kappa shape index (κ3) is 2.89. The number of benzene rings is 1. The minimum absolute atomic E-state index is 0.0764. The predicted octanol–water partition coefficient (Wildman–Crippen LogP) is 1.97. The highest BCUT2D eigenvalue weighted by Crippen LogP contribution is 2.17. The summed E-state index contributed by atoms with van der Waals surface area (Å²) >= 11 is 4.93. The summed E-state index contributed by atoms with van der Waals surface area (Å²) in [4.78, 5) is 2.07. The van der Waals surface area contributed by atoms with Crippen molar-refractivity contribution >= 4 is 17.2 Å². The van der Waals surface area contributed by atoms with E-state index in [1.54, 1.807) is 4.80 Å². The van der Waals surface area contributed by atoms with E-state index in [2.05, 4.69) is 22.3 Å². The molecular formula is C12H15N5S. The first kappa shape index (κ1) is 12.6. The number of rotatable bonds is 5. The zero-order valence-corrected chi connectivity index (χ0v) is 11.0. The molecule has 1 atom stereocenters. The first-order valence-corrected chi connectivity index (χ1v) is 6.24. The highest BCUT2D eigenvalue weighted by molar-refractivity contribution is 7.80. The van der Waals surface area contributed by atoms with Gasteiger partial charge < -0.3 is 5.73 Å². The third-order valence-electron chi connectivity index (χ3n) is 2.69. The molecule has 2 rings (SSSR count). The number of hydrogen-bond donors (Lipinski definition) is 1. The molecule has 2 N–H and O–H groups in total. The Bertz CT molecular complexity index is 522. The van der Waals surface area contributed by atoms with Gasteiger partial charge in [-0.15, -0.1) is 10.2 Å². The minimum Gasteiger partial charge on any atom is -0.393 e. The molecule has 0 aliphatic heterocycles. The summed E-state index contributed by atoms with van der Waals surface area (Å²) in [6.45, 7) is 2.05. The highest BCUT2D eigenvalue weighted by atomic mass is 32.1. The molecule has 1 unspecified atom stereocenters. The molecule has 0 radical (unpaired) electrons. The topological polar surface area (TPSA) is 69.6 Å². The monoisotopic (exact) mass is 261 g/mol. The summed E-state index contributed by atoms with van der Waals surface area (Å²) < 4.78 is 0. The van der Waals surface area contributed by atoms with Gasteiger partial charge in [-0.3, -0.25) is 0 Å². The molecule has 0 amide bonds. The van der Waals surface area contributed by atoms with Gasteiger partial charge in [0, 0.05) is 12.0 Å². The Balaban J connectivity index is 2.22. The Morgan fingerprint density at radius 3 is 2.72 bits per heavy atom. The Morgan fingerprint density at radius 2 is 2.11 bits per heavy atom. The van der Waals surface area contributed by atoms with Gasteiger partial charge in [0.25, 0.3) is 0 Å². The Hall–Kier alpha value is -1.82. The summed E-state index contributed by atoms with van der Waals surface area (Å²) in [5.41, 5.74) is 6.52. The molecule has 6 heteroatoms. The summed E-state index contributed by atoms with van der Waals surface area (Å²) in [6, 6.07) is 9.83. The van der Waals surface area contributed by atoms with Gasteiger partial charge in [-0.25, -0.2) is 0 Å². The molecule has 1 heterocycles. The van der Waals surface area contributed by atoms with E-state index in [0.717, 1.165) is 12.0 Å². The number of nitrogens with zero attached hydrogens (tertiary/aromatic N) is 4. The molecule has 18 heavy (non-hydrogen) atoms. The minimum atomic E-state index is 0.0764. The van der Waals surface area contributed by atoms with Crippen LogP contribution in [0.15, 0.2) is 30.3 Å². The van der Waals surface area contributed by atoms with E-state index in [-0.39, 0.29) is 6.04 Å². The van der Waals surface area contributed by atoms with Crippen molar-refractivity contribution in [2.45, 2.75) is 25.8 Å². The normalized spacial score (nSPS) is 12.3. The zero-order chi connectivity index (χ0) is 13.0. The van der Waals surface area contributed by atoms with Crippen LogP contribution in [0.5, 0.6) is 0 Å². The second kappa shape index (κ2) is 5.68. The van der Waals surface area contributed by atoms with Gasteiger partial charge in [-0.1, -0.05) is 49.5 Å². The van der Waals surface area contributed by atoms with Gasteiger partial charge in [0.15, 0.2) is 0 Å². The summed E-state index contributed by atoms with van der Waals surface area (Å²) in [6.07, 6.45) is 1.46. The van der Waals surface area contributed by atoms with E-state index in [0.29, 0.717) is 17.2 Å². The van der Waals surface area contributed by atoms with Gasteiger partial charge >= 0.3 is 0 Å². The first-order chi connectivity index (χ1) is 8.70. The molecule has 1 aromatic carbocycles. The van der Waals surface area contributed by atoms with E-state index >= 15 is 0 Å². The molecule has 94 valence electrons. The number of tetrazole rings is 1. The zero-order valence-electron chi connectivity index (χ0n) is 10.2. The SMILES string of the molecule is CCC(CC(N)=S)n1nnc(-c2ccccc2)n1. The van der Waals surface area contributed by atoms with Crippen LogP contribution >= 0.6 is 12.2 Å². The van der Waals surface area contributed by atoms with Crippen LogP contribution in [0.2, 0.25) is 0 Å². The molecule has 2 aromatic rings. The standard InChI is InChI=1S/C12H15N5S/c1-2-10(8-11(13)18)17-15-12(14-16-17)9-6-4-3-5-7-9/h3-7,10H,2,8H2,1H3,(H2,13,18). The third-order valence-corrected chi connectivity index (χ3v) is 2.86. The van der Waals surface area contributed by atoms with Crippen molar-refractivity contribution in [1.29, 1.82) is 0 Å². The molecule has 0 fully saturated rings. The molecule has 0 saturated carbocycles. The van der Waals surface area contributed by atoms with Gasteiger partial charge in [-0.05, 0) is 11.6 Å². The van der Waals surface area contributed by atoms with E-state index in [4.69, 9.17) is 18.0 Å². The maximum atomic E-state index is 5.57. The molecule has 0 aliphatic carbocycles. The van der Waals surface area contributed by atoms with Crippen molar-refractivity contribution in [3.63, 3.8) is 0 Å². The molecule has 1 aromatic heterocycles. The fourth-order valence-electron chi connectivity index (χ4n) is 1.70. The number of aromatic nitrogens is 4. The van der Waals surface area contributed by atoms with Gasteiger partial charge in [0.1, 0.15) is 0 Å². The van der Waals surface area contributed by atoms with Crippen molar-refractivity contribution in [1.82, 2.24) is 20.2 Å². The fourth-order valence-corrected chi connectivity index (χ4v) is 1.90. The average Bonchev–Trinajstić information content (AvgIpc) is 2.86. The predicted molar refractivity (Wildman–Crippen MR) is 74.0 cm³/mol. The molecule has 0 aliphatic rings. The van der Waals surface area contributed by atoms with Crippen LogP contribution in [-0.2, 0) is 0 Å². The molecule has 0 spiro atoms. The van der Waals surface area contributed by atoms with Crippen LogP contribution < -0.4 is 5.73 Å². The van der Waals surface area contributed by atoms with E-state index in [1.165, 1.54) is 0 Å². The van der Waals surface area contributed by atoms with Crippen molar-refractivity contribution in [3.8, 4) is 11.4 Å². The largest absolute Gasteiger partial charge is 0.393 e.